The summed E-state index contributed by atoms with van der Waals surface area (Å²) in [6.07, 6.45) is 3.79. The van der Waals surface area contributed by atoms with E-state index >= 15 is 0 Å². The highest BCUT2D eigenvalue weighted by Crippen LogP contribution is 2.24. The first-order valence-corrected chi connectivity index (χ1v) is 7.71. The van der Waals surface area contributed by atoms with Gasteiger partial charge in [-0.25, -0.2) is 0 Å². The summed E-state index contributed by atoms with van der Waals surface area (Å²) in [5.74, 6) is -0.105. The number of anilines is 2. The molecule has 1 amide bonds. The molecule has 1 saturated carbocycles. The maximum absolute atomic E-state index is 12.0. The number of nitrogens with one attached hydrogen (secondary N) is 2. The molecule has 1 aliphatic carbocycles. The molecule has 21 heavy (non-hydrogen) atoms. The van der Waals surface area contributed by atoms with Crippen molar-refractivity contribution >= 4 is 33.2 Å². The number of rotatable bonds is 4. The minimum Gasteiger partial charge on any atom is -0.355 e. The van der Waals surface area contributed by atoms with Crippen LogP contribution in [0.1, 0.15) is 28.9 Å². The molecule has 0 radical (unpaired) electrons. The SMILES string of the molecule is Cc1ccc(Nc2ccnc(C(=O)NC3CC3)c2)cc1Br. The summed E-state index contributed by atoms with van der Waals surface area (Å²) in [5, 5.41) is 6.23. The van der Waals surface area contributed by atoms with E-state index in [0.717, 1.165) is 28.7 Å². The monoisotopic (exact) mass is 345 g/mol. The van der Waals surface area contributed by atoms with Gasteiger partial charge in [0.05, 0.1) is 0 Å². The average Bonchev–Trinajstić information content (AvgIpc) is 3.27. The summed E-state index contributed by atoms with van der Waals surface area (Å²) < 4.78 is 1.05. The Morgan fingerprint density at radius 3 is 2.71 bits per heavy atom. The Hall–Kier alpha value is -1.88. The number of benzene rings is 1. The van der Waals surface area contributed by atoms with Crippen LogP contribution in [-0.4, -0.2) is 16.9 Å². The van der Waals surface area contributed by atoms with Crippen molar-refractivity contribution in [3.8, 4) is 0 Å². The van der Waals surface area contributed by atoms with Crippen LogP contribution in [0.25, 0.3) is 0 Å². The topological polar surface area (TPSA) is 54.0 Å². The van der Waals surface area contributed by atoms with Crippen LogP contribution in [0, 0.1) is 6.92 Å². The van der Waals surface area contributed by atoms with Crippen molar-refractivity contribution in [2.45, 2.75) is 25.8 Å². The van der Waals surface area contributed by atoms with E-state index in [2.05, 4.69) is 31.5 Å². The number of hydrogen-bond acceptors (Lipinski definition) is 3. The third-order valence-electron chi connectivity index (χ3n) is 3.37. The number of carbonyl (C=O) groups is 1. The number of pyridine rings is 1. The summed E-state index contributed by atoms with van der Waals surface area (Å²) in [5.41, 5.74) is 3.44. The summed E-state index contributed by atoms with van der Waals surface area (Å²) in [4.78, 5) is 16.1. The molecule has 0 unspecified atom stereocenters. The summed E-state index contributed by atoms with van der Waals surface area (Å²) in [7, 11) is 0. The van der Waals surface area contributed by atoms with Gasteiger partial charge in [0.25, 0.3) is 5.91 Å². The number of nitrogens with zero attached hydrogens (tertiary/aromatic N) is 1. The van der Waals surface area contributed by atoms with E-state index in [1.807, 2.05) is 31.2 Å². The van der Waals surface area contributed by atoms with E-state index in [1.165, 1.54) is 5.56 Å². The van der Waals surface area contributed by atoms with Crippen molar-refractivity contribution in [3.63, 3.8) is 0 Å². The first-order valence-electron chi connectivity index (χ1n) is 6.92. The molecule has 4 nitrogen and oxygen atoms in total. The standard InChI is InChI=1S/C16H16BrN3O/c1-10-2-3-12(8-14(10)17)19-13-6-7-18-15(9-13)16(21)20-11-4-5-11/h2-3,6-9,11H,4-5H2,1H3,(H,18,19)(H,20,21). The van der Waals surface area contributed by atoms with E-state index in [4.69, 9.17) is 0 Å². The van der Waals surface area contributed by atoms with Gasteiger partial charge in [-0.05, 0) is 49.6 Å². The normalized spacial score (nSPS) is 13.8. The fraction of sp³-hybridized carbons (Fsp3) is 0.250. The molecule has 0 bridgehead atoms. The van der Waals surface area contributed by atoms with Crippen LogP contribution >= 0.6 is 15.9 Å². The molecule has 1 heterocycles. The smallest absolute Gasteiger partial charge is 0.270 e. The number of aryl methyl sites for hydroxylation is 1. The second-order valence-corrected chi connectivity index (χ2v) is 6.12. The molecule has 1 aliphatic rings. The van der Waals surface area contributed by atoms with E-state index in [0.29, 0.717) is 11.7 Å². The fourth-order valence-corrected chi connectivity index (χ4v) is 2.34. The Bertz CT molecular complexity index is 683. The van der Waals surface area contributed by atoms with Crippen molar-refractivity contribution < 1.29 is 4.79 Å². The minimum absolute atomic E-state index is 0.105. The molecule has 0 spiro atoms. The second-order valence-electron chi connectivity index (χ2n) is 5.27. The van der Waals surface area contributed by atoms with Gasteiger partial charge in [0.2, 0.25) is 0 Å². The maximum atomic E-state index is 12.0. The Labute approximate surface area is 132 Å². The number of carbonyl (C=O) groups excluding carboxylic acids is 1. The third-order valence-corrected chi connectivity index (χ3v) is 4.22. The molecule has 1 fully saturated rings. The Balaban J connectivity index is 1.75. The van der Waals surface area contributed by atoms with Gasteiger partial charge in [-0.2, -0.15) is 0 Å². The van der Waals surface area contributed by atoms with Crippen LogP contribution in [0.3, 0.4) is 0 Å². The molecular formula is C16H16BrN3O. The molecule has 0 atom stereocenters. The quantitative estimate of drug-likeness (QED) is 0.886. The van der Waals surface area contributed by atoms with Crippen LogP contribution in [0.4, 0.5) is 11.4 Å². The molecule has 108 valence electrons. The first-order chi connectivity index (χ1) is 10.1. The number of amides is 1. The van der Waals surface area contributed by atoms with Crippen molar-refractivity contribution in [2.24, 2.45) is 0 Å². The Morgan fingerprint density at radius 2 is 2.00 bits per heavy atom. The van der Waals surface area contributed by atoms with Crippen molar-refractivity contribution in [3.05, 3.63) is 52.3 Å². The van der Waals surface area contributed by atoms with E-state index in [1.54, 1.807) is 12.3 Å². The molecule has 0 aliphatic heterocycles. The lowest BCUT2D eigenvalue weighted by atomic mass is 10.2. The lowest BCUT2D eigenvalue weighted by molar-refractivity contribution is 0.0946. The van der Waals surface area contributed by atoms with Crippen molar-refractivity contribution in [1.29, 1.82) is 0 Å². The lowest BCUT2D eigenvalue weighted by Crippen LogP contribution is -2.26. The summed E-state index contributed by atoms with van der Waals surface area (Å²) >= 11 is 3.51. The van der Waals surface area contributed by atoms with Gasteiger partial charge in [-0.15, -0.1) is 0 Å². The predicted octanol–water partition coefficient (Wildman–Crippen LogP) is 3.79. The van der Waals surface area contributed by atoms with Crippen molar-refractivity contribution in [1.82, 2.24) is 10.3 Å². The Kier molecular flexibility index (Phi) is 3.92. The molecule has 1 aromatic carbocycles. The summed E-state index contributed by atoms with van der Waals surface area (Å²) in [6.45, 7) is 2.04. The number of aromatic nitrogens is 1. The average molecular weight is 346 g/mol. The van der Waals surface area contributed by atoms with Crippen LogP contribution in [0.5, 0.6) is 0 Å². The van der Waals surface area contributed by atoms with Crippen LogP contribution < -0.4 is 10.6 Å². The van der Waals surface area contributed by atoms with Crippen LogP contribution in [0.2, 0.25) is 0 Å². The molecular weight excluding hydrogens is 330 g/mol. The van der Waals surface area contributed by atoms with Gasteiger partial charge >= 0.3 is 0 Å². The highest BCUT2D eigenvalue weighted by molar-refractivity contribution is 9.10. The molecule has 1 aromatic heterocycles. The zero-order chi connectivity index (χ0) is 14.8. The van der Waals surface area contributed by atoms with E-state index in [-0.39, 0.29) is 5.91 Å². The van der Waals surface area contributed by atoms with E-state index < -0.39 is 0 Å². The van der Waals surface area contributed by atoms with Crippen molar-refractivity contribution in [2.75, 3.05) is 5.32 Å². The highest BCUT2D eigenvalue weighted by atomic mass is 79.9. The molecule has 0 saturated heterocycles. The zero-order valence-electron chi connectivity index (χ0n) is 11.7. The maximum Gasteiger partial charge on any atom is 0.270 e. The van der Waals surface area contributed by atoms with Gasteiger partial charge in [-0.3, -0.25) is 9.78 Å². The third kappa shape index (κ3) is 3.61. The number of hydrogen-bond donors (Lipinski definition) is 2. The van der Waals surface area contributed by atoms with Gasteiger partial charge in [0.1, 0.15) is 5.69 Å². The van der Waals surface area contributed by atoms with Gasteiger partial charge in [0, 0.05) is 28.1 Å². The first kappa shape index (κ1) is 14.1. The molecule has 2 N–H and O–H groups in total. The zero-order valence-corrected chi connectivity index (χ0v) is 13.3. The fourth-order valence-electron chi connectivity index (χ4n) is 1.96. The van der Waals surface area contributed by atoms with E-state index in [9.17, 15) is 4.79 Å². The molecule has 3 rings (SSSR count). The highest BCUT2D eigenvalue weighted by Gasteiger charge is 2.24. The second kappa shape index (κ2) is 5.85. The van der Waals surface area contributed by atoms with Gasteiger partial charge in [-0.1, -0.05) is 22.0 Å². The largest absolute Gasteiger partial charge is 0.355 e. The Morgan fingerprint density at radius 1 is 1.24 bits per heavy atom. The lowest BCUT2D eigenvalue weighted by Gasteiger charge is -2.09. The number of halogens is 1. The van der Waals surface area contributed by atoms with Gasteiger partial charge < -0.3 is 10.6 Å². The molecule has 5 heteroatoms. The minimum atomic E-state index is -0.105. The molecule has 2 aromatic rings. The van der Waals surface area contributed by atoms with Crippen LogP contribution in [0.15, 0.2) is 41.0 Å². The van der Waals surface area contributed by atoms with Gasteiger partial charge in [0.15, 0.2) is 0 Å². The summed E-state index contributed by atoms with van der Waals surface area (Å²) in [6, 6.07) is 10.0. The van der Waals surface area contributed by atoms with Crippen LogP contribution in [-0.2, 0) is 0 Å². The predicted molar refractivity (Wildman–Crippen MR) is 86.9 cm³/mol.